The zero-order valence-corrected chi connectivity index (χ0v) is 12.0. The fourth-order valence-electron chi connectivity index (χ4n) is 2.70. The Hall–Kier alpha value is -1.84. The number of carbonyl (C=O) groups excluding carboxylic acids is 2. The Labute approximate surface area is 119 Å². The van der Waals surface area contributed by atoms with Gasteiger partial charge in [-0.2, -0.15) is 0 Å². The van der Waals surface area contributed by atoms with E-state index in [1.807, 2.05) is 25.1 Å². The summed E-state index contributed by atoms with van der Waals surface area (Å²) in [6.45, 7) is 5.27. The van der Waals surface area contributed by atoms with Crippen molar-refractivity contribution in [2.24, 2.45) is 5.92 Å². The quantitative estimate of drug-likeness (QED) is 0.774. The molecule has 4 nitrogen and oxygen atoms in total. The van der Waals surface area contributed by atoms with Crippen LogP contribution in [0.25, 0.3) is 0 Å². The van der Waals surface area contributed by atoms with Crippen LogP contribution in [-0.4, -0.2) is 36.5 Å². The minimum atomic E-state index is -0.240. The third-order valence-corrected chi connectivity index (χ3v) is 3.84. The van der Waals surface area contributed by atoms with E-state index < -0.39 is 0 Å². The van der Waals surface area contributed by atoms with Gasteiger partial charge in [0.15, 0.2) is 0 Å². The van der Waals surface area contributed by atoms with Crippen LogP contribution >= 0.6 is 0 Å². The highest BCUT2D eigenvalue weighted by molar-refractivity contribution is 5.82. The Kier molecular flexibility index (Phi) is 4.77. The number of esters is 1. The van der Waals surface area contributed by atoms with Gasteiger partial charge in [0.05, 0.1) is 13.0 Å². The van der Waals surface area contributed by atoms with Gasteiger partial charge in [-0.3, -0.25) is 9.59 Å². The topological polar surface area (TPSA) is 46.6 Å². The summed E-state index contributed by atoms with van der Waals surface area (Å²) in [5.41, 5.74) is 1.19. The van der Waals surface area contributed by atoms with Gasteiger partial charge in [-0.25, -0.2) is 0 Å². The van der Waals surface area contributed by atoms with Crippen molar-refractivity contribution in [3.8, 4) is 0 Å². The smallest absolute Gasteiger partial charge is 0.307 e. The molecule has 0 unspecified atom stereocenters. The molecular formula is C16H21NO3. The molecule has 0 saturated carbocycles. The van der Waals surface area contributed by atoms with E-state index >= 15 is 0 Å². The normalized spacial score (nSPS) is 22.1. The molecule has 0 aliphatic carbocycles. The molecule has 0 bridgehead atoms. The zero-order chi connectivity index (χ0) is 14.5. The fourth-order valence-corrected chi connectivity index (χ4v) is 2.70. The second-order valence-corrected chi connectivity index (χ2v) is 5.15. The van der Waals surface area contributed by atoms with Crippen molar-refractivity contribution >= 4 is 11.9 Å². The van der Waals surface area contributed by atoms with Gasteiger partial charge in [-0.15, -0.1) is 0 Å². The van der Waals surface area contributed by atoms with Gasteiger partial charge >= 0.3 is 5.97 Å². The van der Waals surface area contributed by atoms with Crippen LogP contribution in [0.4, 0.5) is 0 Å². The average molecular weight is 275 g/mol. The van der Waals surface area contributed by atoms with Crippen LogP contribution < -0.4 is 0 Å². The standard InChI is InChI=1S/C16H21NO3/c1-3-20-15(18)9-10-17-11-14(12(2)16(17)19)13-7-5-4-6-8-13/h4-8,12,14H,3,9-11H2,1-2H3/t12-,14+/m0/s1. The summed E-state index contributed by atoms with van der Waals surface area (Å²) in [4.78, 5) is 25.4. The number of ether oxygens (including phenoxy) is 1. The zero-order valence-electron chi connectivity index (χ0n) is 12.0. The molecule has 0 radical (unpaired) electrons. The lowest BCUT2D eigenvalue weighted by molar-refractivity contribution is -0.143. The predicted molar refractivity (Wildman–Crippen MR) is 76.2 cm³/mol. The van der Waals surface area contributed by atoms with E-state index in [1.165, 1.54) is 5.56 Å². The van der Waals surface area contributed by atoms with Crippen molar-refractivity contribution < 1.29 is 14.3 Å². The summed E-state index contributed by atoms with van der Waals surface area (Å²) < 4.78 is 4.90. The first kappa shape index (κ1) is 14.6. The van der Waals surface area contributed by atoms with Gasteiger partial charge in [0.25, 0.3) is 0 Å². The van der Waals surface area contributed by atoms with Gasteiger partial charge in [-0.1, -0.05) is 37.3 Å². The minimum absolute atomic E-state index is 0.0282. The summed E-state index contributed by atoms with van der Waals surface area (Å²) >= 11 is 0. The third-order valence-electron chi connectivity index (χ3n) is 3.84. The number of amides is 1. The molecule has 1 fully saturated rings. The lowest BCUT2D eigenvalue weighted by Crippen LogP contribution is -2.29. The molecule has 1 saturated heterocycles. The largest absolute Gasteiger partial charge is 0.466 e. The van der Waals surface area contributed by atoms with Gasteiger partial charge in [0, 0.05) is 24.9 Å². The van der Waals surface area contributed by atoms with Crippen LogP contribution in [-0.2, 0) is 14.3 Å². The van der Waals surface area contributed by atoms with E-state index in [-0.39, 0.29) is 30.1 Å². The molecule has 0 spiro atoms. The first-order valence-electron chi connectivity index (χ1n) is 7.12. The number of carbonyl (C=O) groups is 2. The van der Waals surface area contributed by atoms with Gasteiger partial charge in [0.1, 0.15) is 0 Å². The monoisotopic (exact) mass is 275 g/mol. The first-order chi connectivity index (χ1) is 9.63. The van der Waals surface area contributed by atoms with E-state index in [0.717, 1.165) is 0 Å². The van der Waals surface area contributed by atoms with Gasteiger partial charge in [-0.05, 0) is 12.5 Å². The number of likely N-dealkylation sites (tertiary alicyclic amines) is 1. The fraction of sp³-hybridized carbons (Fsp3) is 0.500. The summed E-state index contributed by atoms with van der Waals surface area (Å²) in [6, 6.07) is 10.1. The molecular weight excluding hydrogens is 254 g/mol. The number of nitrogens with zero attached hydrogens (tertiary/aromatic N) is 1. The molecule has 1 heterocycles. The van der Waals surface area contributed by atoms with E-state index in [0.29, 0.717) is 19.7 Å². The van der Waals surface area contributed by atoms with Crippen molar-refractivity contribution in [1.29, 1.82) is 0 Å². The van der Waals surface area contributed by atoms with Crippen molar-refractivity contribution in [3.05, 3.63) is 35.9 Å². The van der Waals surface area contributed by atoms with E-state index in [1.54, 1.807) is 11.8 Å². The summed E-state index contributed by atoms with van der Waals surface area (Å²) in [6.07, 6.45) is 0.272. The van der Waals surface area contributed by atoms with Crippen LogP contribution in [0.5, 0.6) is 0 Å². The molecule has 4 heteroatoms. The first-order valence-corrected chi connectivity index (χ1v) is 7.12. The summed E-state index contributed by atoms with van der Waals surface area (Å²) in [7, 11) is 0. The second kappa shape index (κ2) is 6.55. The highest BCUT2D eigenvalue weighted by atomic mass is 16.5. The van der Waals surface area contributed by atoms with E-state index in [2.05, 4.69) is 12.1 Å². The number of hydrogen-bond donors (Lipinski definition) is 0. The highest BCUT2D eigenvalue weighted by Gasteiger charge is 2.37. The maximum Gasteiger partial charge on any atom is 0.307 e. The van der Waals surface area contributed by atoms with Crippen LogP contribution in [0.15, 0.2) is 30.3 Å². The molecule has 2 rings (SSSR count). The molecule has 20 heavy (non-hydrogen) atoms. The molecule has 0 aromatic heterocycles. The number of benzene rings is 1. The summed E-state index contributed by atoms with van der Waals surface area (Å²) in [5, 5.41) is 0. The Morgan fingerprint density at radius 1 is 1.35 bits per heavy atom. The second-order valence-electron chi connectivity index (χ2n) is 5.15. The van der Waals surface area contributed by atoms with Crippen LogP contribution in [0, 0.1) is 5.92 Å². The Balaban J connectivity index is 1.97. The Bertz CT molecular complexity index is 472. The van der Waals surface area contributed by atoms with Crippen LogP contribution in [0.3, 0.4) is 0 Å². The molecule has 108 valence electrons. The Morgan fingerprint density at radius 2 is 2.05 bits per heavy atom. The predicted octanol–water partition coefficient (Wildman–Crippen LogP) is 2.20. The summed E-state index contributed by atoms with van der Waals surface area (Å²) in [5.74, 6) is 0.0738. The Morgan fingerprint density at radius 3 is 2.70 bits per heavy atom. The number of rotatable bonds is 5. The molecule has 1 aliphatic heterocycles. The number of hydrogen-bond acceptors (Lipinski definition) is 3. The van der Waals surface area contributed by atoms with Gasteiger partial charge in [0.2, 0.25) is 5.91 Å². The van der Waals surface area contributed by atoms with Gasteiger partial charge < -0.3 is 9.64 Å². The lowest BCUT2D eigenvalue weighted by atomic mass is 9.90. The SMILES string of the molecule is CCOC(=O)CCN1C[C@@H](c2ccccc2)[C@H](C)C1=O. The molecule has 1 aliphatic rings. The maximum atomic E-state index is 12.2. The molecule has 1 amide bonds. The maximum absolute atomic E-state index is 12.2. The van der Waals surface area contributed by atoms with Crippen LogP contribution in [0.2, 0.25) is 0 Å². The molecule has 1 aromatic carbocycles. The van der Waals surface area contributed by atoms with Crippen LogP contribution in [0.1, 0.15) is 31.7 Å². The lowest BCUT2D eigenvalue weighted by Gasteiger charge is -2.16. The van der Waals surface area contributed by atoms with Crippen molar-refractivity contribution in [2.75, 3.05) is 19.7 Å². The molecule has 1 aromatic rings. The van der Waals surface area contributed by atoms with Crippen molar-refractivity contribution in [3.63, 3.8) is 0 Å². The highest BCUT2D eigenvalue weighted by Crippen LogP contribution is 2.33. The van der Waals surface area contributed by atoms with Crippen molar-refractivity contribution in [1.82, 2.24) is 4.90 Å². The van der Waals surface area contributed by atoms with E-state index in [9.17, 15) is 9.59 Å². The molecule has 2 atom stereocenters. The molecule has 0 N–H and O–H groups in total. The minimum Gasteiger partial charge on any atom is -0.466 e. The average Bonchev–Trinajstić information content (AvgIpc) is 2.74. The van der Waals surface area contributed by atoms with E-state index in [4.69, 9.17) is 4.74 Å². The third kappa shape index (κ3) is 3.18. The van der Waals surface area contributed by atoms with Crippen molar-refractivity contribution in [2.45, 2.75) is 26.2 Å².